The summed E-state index contributed by atoms with van der Waals surface area (Å²) in [5.41, 5.74) is 0. The Morgan fingerprint density at radius 3 is 2.65 bits per heavy atom. The number of hydrogen-bond acceptors (Lipinski definition) is 3. The summed E-state index contributed by atoms with van der Waals surface area (Å²) in [6, 6.07) is 11.1. The lowest BCUT2D eigenvalue weighted by Crippen LogP contribution is -2.33. The molecule has 0 aliphatic rings. The fourth-order valence-corrected chi connectivity index (χ4v) is 2.07. The second-order valence-corrected chi connectivity index (χ2v) is 5.68. The molecule has 2 aromatic rings. The Morgan fingerprint density at radius 2 is 2.05 bits per heavy atom. The fraction of sp³-hybridized carbons (Fsp3) is 0.267. The number of halogens is 1. The van der Waals surface area contributed by atoms with Gasteiger partial charge in [0, 0.05) is 10.6 Å². The van der Waals surface area contributed by atoms with Gasteiger partial charge in [-0.25, -0.2) is 0 Å². The maximum Gasteiger partial charge on any atom is 0.260 e. The molecule has 1 aromatic carbocycles. The minimum atomic E-state index is -0.113. The van der Waals surface area contributed by atoms with Crippen LogP contribution >= 0.6 is 22.6 Å². The fourth-order valence-electron chi connectivity index (χ4n) is 1.71. The summed E-state index contributed by atoms with van der Waals surface area (Å²) in [5, 5.41) is 0. The highest BCUT2D eigenvalue weighted by atomic mass is 127. The highest BCUT2D eigenvalue weighted by Gasteiger charge is 2.19. The van der Waals surface area contributed by atoms with Crippen molar-refractivity contribution in [2.75, 3.05) is 13.7 Å². The second kappa shape index (κ2) is 6.78. The summed E-state index contributed by atoms with van der Waals surface area (Å²) < 4.78 is 11.9. The van der Waals surface area contributed by atoms with E-state index in [0.717, 1.165) is 9.33 Å². The zero-order chi connectivity index (χ0) is 14.5. The average Bonchev–Trinajstić information content (AvgIpc) is 2.99. The molecule has 4 nitrogen and oxygen atoms in total. The third kappa shape index (κ3) is 3.75. The SMILES string of the molecule is CC(c1ccco1)N(C)C(=O)COc1ccc(I)cc1. The Labute approximate surface area is 131 Å². The van der Waals surface area contributed by atoms with Crippen LogP contribution in [-0.2, 0) is 4.79 Å². The molecule has 0 saturated carbocycles. The first kappa shape index (κ1) is 14.9. The Kier molecular flexibility index (Phi) is 5.05. The van der Waals surface area contributed by atoms with Gasteiger partial charge in [0.15, 0.2) is 6.61 Å². The normalized spacial score (nSPS) is 11.9. The van der Waals surface area contributed by atoms with Gasteiger partial charge in [0.05, 0.1) is 12.3 Å². The molecular formula is C15H16INO3. The van der Waals surface area contributed by atoms with E-state index < -0.39 is 0 Å². The minimum Gasteiger partial charge on any atom is -0.484 e. The zero-order valence-electron chi connectivity index (χ0n) is 11.4. The molecule has 0 spiro atoms. The van der Waals surface area contributed by atoms with Gasteiger partial charge in [0.2, 0.25) is 0 Å². The molecule has 1 amide bonds. The van der Waals surface area contributed by atoms with Gasteiger partial charge in [-0.2, -0.15) is 0 Å². The quantitative estimate of drug-likeness (QED) is 0.741. The van der Waals surface area contributed by atoms with Gasteiger partial charge in [-0.3, -0.25) is 4.79 Å². The molecule has 0 N–H and O–H groups in total. The van der Waals surface area contributed by atoms with Crippen molar-refractivity contribution in [3.05, 3.63) is 52.0 Å². The highest BCUT2D eigenvalue weighted by Crippen LogP contribution is 2.19. The lowest BCUT2D eigenvalue weighted by Gasteiger charge is -2.23. The van der Waals surface area contributed by atoms with Crippen molar-refractivity contribution in [1.82, 2.24) is 4.90 Å². The Hall–Kier alpha value is -1.50. The Bertz CT molecular complexity index is 551. The summed E-state index contributed by atoms with van der Waals surface area (Å²) in [5.74, 6) is 1.36. The Balaban J connectivity index is 1.89. The van der Waals surface area contributed by atoms with Crippen LogP contribution in [0.5, 0.6) is 5.75 Å². The van der Waals surface area contributed by atoms with E-state index in [9.17, 15) is 4.79 Å². The molecule has 20 heavy (non-hydrogen) atoms. The molecule has 0 aliphatic carbocycles. The van der Waals surface area contributed by atoms with Crippen LogP contribution in [0.15, 0.2) is 47.1 Å². The number of hydrogen-bond donors (Lipinski definition) is 0. The molecule has 1 unspecified atom stereocenters. The van der Waals surface area contributed by atoms with Crippen molar-refractivity contribution in [3.63, 3.8) is 0 Å². The number of nitrogens with zero attached hydrogens (tertiary/aromatic N) is 1. The number of carbonyl (C=O) groups is 1. The first-order valence-corrected chi connectivity index (χ1v) is 7.33. The van der Waals surface area contributed by atoms with E-state index in [2.05, 4.69) is 22.6 Å². The van der Waals surface area contributed by atoms with E-state index in [1.54, 1.807) is 18.2 Å². The van der Waals surface area contributed by atoms with Crippen LogP contribution in [0.25, 0.3) is 0 Å². The molecule has 2 rings (SSSR count). The third-order valence-corrected chi connectivity index (χ3v) is 3.82. The second-order valence-electron chi connectivity index (χ2n) is 4.44. The molecule has 0 saturated heterocycles. The van der Waals surface area contributed by atoms with E-state index in [0.29, 0.717) is 5.75 Å². The minimum absolute atomic E-state index is 0.0160. The van der Waals surface area contributed by atoms with Gasteiger partial charge in [0.1, 0.15) is 11.5 Å². The van der Waals surface area contributed by atoms with E-state index in [1.807, 2.05) is 43.3 Å². The van der Waals surface area contributed by atoms with Gasteiger partial charge in [-0.05, 0) is 65.9 Å². The van der Waals surface area contributed by atoms with Gasteiger partial charge in [-0.15, -0.1) is 0 Å². The predicted octanol–water partition coefficient (Wildman–Crippen LogP) is 3.48. The van der Waals surface area contributed by atoms with Crippen LogP contribution in [0.4, 0.5) is 0 Å². The molecule has 0 radical (unpaired) electrons. The van der Waals surface area contributed by atoms with Crippen LogP contribution in [0, 0.1) is 3.57 Å². The lowest BCUT2D eigenvalue weighted by molar-refractivity contribution is -0.134. The van der Waals surface area contributed by atoms with Crippen LogP contribution in [0.3, 0.4) is 0 Å². The van der Waals surface area contributed by atoms with Crippen molar-refractivity contribution in [3.8, 4) is 5.75 Å². The van der Waals surface area contributed by atoms with Crippen LogP contribution in [0.2, 0.25) is 0 Å². The molecule has 1 aromatic heterocycles. The summed E-state index contributed by atoms with van der Waals surface area (Å²) >= 11 is 2.22. The largest absolute Gasteiger partial charge is 0.484 e. The lowest BCUT2D eigenvalue weighted by atomic mass is 10.2. The van der Waals surface area contributed by atoms with Crippen LogP contribution in [0.1, 0.15) is 18.7 Å². The number of carbonyl (C=O) groups excluding carboxylic acids is 1. The first-order valence-electron chi connectivity index (χ1n) is 6.25. The van der Waals surface area contributed by atoms with Crippen molar-refractivity contribution in [2.45, 2.75) is 13.0 Å². The molecule has 0 bridgehead atoms. The number of likely N-dealkylation sites (N-methyl/N-ethyl adjacent to an activating group) is 1. The van der Waals surface area contributed by atoms with E-state index in [4.69, 9.17) is 9.15 Å². The average molecular weight is 385 g/mol. The third-order valence-electron chi connectivity index (χ3n) is 3.11. The van der Waals surface area contributed by atoms with Crippen LogP contribution in [-0.4, -0.2) is 24.5 Å². The monoisotopic (exact) mass is 385 g/mol. The molecule has 106 valence electrons. The van der Waals surface area contributed by atoms with E-state index in [-0.39, 0.29) is 18.6 Å². The van der Waals surface area contributed by atoms with Gasteiger partial charge < -0.3 is 14.1 Å². The highest BCUT2D eigenvalue weighted by molar-refractivity contribution is 14.1. The standard InChI is InChI=1S/C15H16INO3/c1-11(14-4-3-9-19-14)17(2)15(18)10-20-13-7-5-12(16)6-8-13/h3-9,11H,10H2,1-2H3. The van der Waals surface area contributed by atoms with Crippen LogP contribution < -0.4 is 4.74 Å². The number of amides is 1. The van der Waals surface area contributed by atoms with E-state index in [1.165, 1.54) is 0 Å². The van der Waals surface area contributed by atoms with Gasteiger partial charge >= 0.3 is 0 Å². The summed E-state index contributed by atoms with van der Waals surface area (Å²) in [7, 11) is 1.74. The zero-order valence-corrected chi connectivity index (χ0v) is 13.5. The van der Waals surface area contributed by atoms with Crippen molar-refractivity contribution < 1.29 is 13.9 Å². The topological polar surface area (TPSA) is 42.7 Å². The predicted molar refractivity (Wildman–Crippen MR) is 84.5 cm³/mol. The summed E-state index contributed by atoms with van der Waals surface area (Å²) in [4.78, 5) is 13.7. The van der Waals surface area contributed by atoms with Crippen molar-refractivity contribution in [2.24, 2.45) is 0 Å². The molecule has 5 heteroatoms. The summed E-state index contributed by atoms with van der Waals surface area (Å²) in [6.45, 7) is 1.93. The molecule has 0 aliphatic heterocycles. The first-order chi connectivity index (χ1) is 9.58. The van der Waals surface area contributed by atoms with Crippen molar-refractivity contribution >= 4 is 28.5 Å². The van der Waals surface area contributed by atoms with Gasteiger partial charge in [0.25, 0.3) is 5.91 Å². The number of furan rings is 1. The molecule has 1 atom stereocenters. The molecule has 1 heterocycles. The van der Waals surface area contributed by atoms with Gasteiger partial charge in [-0.1, -0.05) is 0 Å². The van der Waals surface area contributed by atoms with E-state index >= 15 is 0 Å². The Morgan fingerprint density at radius 1 is 1.35 bits per heavy atom. The van der Waals surface area contributed by atoms with Crippen molar-refractivity contribution in [1.29, 1.82) is 0 Å². The maximum absolute atomic E-state index is 12.1. The summed E-state index contributed by atoms with van der Waals surface area (Å²) in [6.07, 6.45) is 1.60. The smallest absolute Gasteiger partial charge is 0.260 e. The number of benzene rings is 1. The number of rotatable bonds is 5. The molecule has 0 fully saturated rings. The number of ether oxygens (including phenoxy) is 1. The maximum atomic E-state index is 12.1. The molecular weight excluding hydrogens is 369 g/mol.